The number of hydrogen-bond acceptors (Lipinski definition) is 3. The smallest absolute Gasteiger partial charge is 0.365 e. The van der Waals surface area contributed by atoms with Gasteiger partial charge in [0.2, 0.25) is 0 Å². The fraction of sp³-hybridized carbons (Fsp3) is 1.00. The van der Waals surface area contributed by atoms with Crippen molar-refractivity contribution < 1.29 is 30.2 Å². The second kappa shape index (κ2) is 4.01. The van der Waals surface area contributed by atoms with Crippen LogP contribution in [0.25, 0.3) is 0 Å². The summed E-state index contributed by atoms with van der Waals surface area (Å²) >= 11 is 0. The van der Waals surface area contributed by atoms with Crippen molar-refractivity contribution in [1.29, 1.82) is 0 Å². The number of halogens is 4. The molecular weight excluding hydrogens is 228 g/mol. The van der Waals surface area contributed by atoms with Crippen LogP contribution in [0.4, 0.5) is 17.1 Å². The molecule has 0 heterocycles. The van der Waals surface area contributed by atoms with Gasteiger partial charge in [0.25, 0.3) is 0 Å². The minimum atomic E-state index is -4.84. The van der Waals surface area contributed by atoms with Gasteiger partial charge in [-0.15, -0.1) is 3.89 Å². The van der Waals surface area contributed by atoms with Crippen LogP contribution in [-0.2, 0) is 15.0 Å². The average molecular weight is 238 g/mol. The Bertz CT molecular complexity index is 280. The van der Waals surface area contributed by atoms with Gasteiger partial charge in [0, 0.05) is 0 Å². The molecule has 0 N–H and O–H groups in total. The van der Waals surface area contributed by atoms with E-state index in [2.05, 4.69) is 4.74 Å². The first-order valence-corrected chi connectivity index (χ1v) is 5.10. The van der Waals surface area contributed by atoms with E-state index in [9.17, 15) is 25.5 Å². The molecular formula is C6H10F4O3S. The highest BCUT2D eigenvalue weighted by atomic mass is 32.3. The van der Waals surface area contributed by atoms with Crippen molar-refractivity contribution >= 4 is 10.2 Å². The van der Waals surface area contributed by atoms with Gasteiger partial charge in [-0.1, -0.05) is 0 Å². The van der Waals surface area contributed by atoms with Crippen molar-refractivity contribution in [3.05, 3.63) is 0 Å². The minimum absolute atomic E-state index is 1.07. The van der Waals surface area contributed by atoms with E-state index >= 15 is 0 Å². The summed E-state index contributed by atoms with van der Waals surface area (Å²) < 4.78 is 71.6. The third kappa shape index (κ3) is 8.24. The predicted molar refractivity (Wildman–Crippen MR) is 41.0 cm³/mol. The van der Waals surface area contributed by atoms with Crippen LogP contribution in [0.3, 0.4) is 0 Å². The van der Waals surface area contributed by atoms with Gasteiger partial charge in [0.05, 0.1) is 5.60 Å². The molecule has 0 saturated heterocycles. The maximum atomic E-state index is 12.1. The number of hydrogen-bond donors (Lipinski definition) is 0. The van der Waals surface area contributed by atoms with E-state index in [4.69, 9.17) is 0 Å². The highest BCUT2D eigenvalue weighted by Gasteiger charge is 2.34. The molecule has 0 aromatic heterocycles. The lowest BCUT2D eigenvalue weighted by Crippen LogP contribution is -2.36. The van der Waals surface area contributed by atoms with Gasteiger partial charge >= 0.3 is 16.4 Å². The first-order chi connectivity index (χ1) is 5.91. The molecule has 0 bridgehead atoms. The zero-order chi connectivity index (χ0) is 11.6. The van der Waals surface area contributed by atoms with E-state index < -0.39 is 34.4 Å². The van der Waals surface area contributed by atoms with E-state index in [-0.39, 0.29) is 0 Å². The Kier molecular flexibility index (Phi) is 3.91. The first kappa shape index (κ1) is 13.6. The standard InChI is InChI=1S/C6H10F4O3S/c1-5(2,4-14(10,11)12)13-3-6(7,8)9/h3-4H2,1-2H3. The molecule has 0 spiro atoms. The molecule has 0 unspecified atom stereocenters. The largest absolute Gasteiger partial charge is 0.411 e. The Morgan fingerprint density at radius 2 is 1.64 bits per heavy atom. The summed E-state index contributed by atoms with van der Waals surface area (Å²) in [6.07, 6.45) is -4.56. The predicted octanol–water partition coefficient (Wildman–Crippen LogP) is 1.64. The van der Waals surface area contributed by atoms with Crippen LogP contribution in [0.2, 0.25) is 0 Å². The zero-order valence-electron chi connectivity index (χ0n) is 7.56. The van der Waals surface area contributed by atoms with Crippen LogP contribution in [-0.4, -0.2) is 32.6 Å². The molecule has 14 heavy (non-hydrogen) atoms. The minimum Gasteiger partial charge on any atom is -0.365 e. The van der Waals surface area contributed by atoms with Gasteiger partial charge in [-0.2, -0.15) is 21.6 Å². The van der Waals surface area contributed by atoms with Crippen molar-refractivity contribution in [2.45, 2.75) is 25.6 Å². The van der Waals surface area contributed by atoms with E-state index in [1.165, 1.54) is 0 Å². The zero-order valence-corrected chi connectivity index (χ0v) is 8.38. The number of ether oxygens (including phenoxy) is 1. The maximum absolute atomic E-state index is 12.1. The molecule has 0 radical (unpaired) electrons. The fourth-order valence-corrected chi connectivity index (χ4v) is 1.65. The van der Waals surface area contributed by atoms with Crippen molar-refractivity contribution in [3.8, 4) is 0 Å². The van der Waals surface area contributed by atoms with Gasteiger partial charge < -0.3 is 4.74 Å². The lowest BCUT2D eigenvalue weighted by atomic mass is 10.2. The molecule has 0 aromatic carbocycles. The van der Waals surface area contributed by atoms with Crippen LogP contribution >= 0.6 is 0 Å². The highest BCUT2D eigenvalue weighted by Crippen LogP contribution is 2.20. The van der Waals surface area contributed by atoms with Crippen molar-refractivity contribution in [2.75, 3.05) is 12.4 Å². The van der Waals surface area contributed by atoms with Gasteiger partial charge in [0.15, 0.2) is 0 Å². The van der Waals surface area contributed by atoms with Gasteiger partial charge in [0.1, 0.15) is 12.4 Å². The van der Waals surface area contributed by atoms with Crippen LogP contribution in [0.15, 0.2) is 0 Å². The van der Waals surface area contributed by atoms with Gasteiger partial charge in [-0.3, -0.25) is 0 Å². The molecule has 86 valence electrons. The summed E-state index contributed by atoms with van der Waals surface area (Å²) in [6, 6.07) is 0. The highest BCUT2D eigenvalue weighted by molar-refractivity contribution is 7.86. The summed E-state index contributed by atoms with van der Waals surface area (Å²) in [6.45, 7) is 0.529. The van der Waals surface area contributed by atoms with E-state index in [0.29, 0.717) is 0 Å². The second-order valence-electron chi connectivity index (χ2n) is 3.35. The van der Waals surface area contributed by atoms with Crippen LogP contribution in [0.5, 0.6) is 0 Å². The molecule has 0 rings (SSSR count). The average Bonchev–Trinajstić information content (AvgIpc) is 1.76. The summed E-state index contributed by atoms with van der Waals surface area (Å²) in [5.41, 5.74) is -1.69. The third-order valence-corrected chi connectivity index (χ3v) is 2.19. The molecule has 0 aliphatic heterocycles. The number of rotatable bonds is 4. The van der Waals surface area contributed by atoms with E-state index in [1.807, 2.05) is 0 Å². The topological polar surface area (TPSA) is 43.4 Å². The molecule has 3 nitrogen and oxygen atoms in total. The molecule has 0 aliphatic rings. The molecule has 0 fully saturated rings. The van der Waals surface area contributed by atoms with Crippen molar-refractivity contribution in [1.82, 2.24) is 0 Å². The monoisotopic (exact) mass is 238 g/mol. The normalized spacial score (nSPS) is 14.4. The number of alkyl halides is 3. The van der Waals surface area contributed by atoms with Gasteiger partial charge in [-0.25, -0.2) is 0 Å². The summed E-state index contributed by atoms with van der Waals surface area (Å²) in [7, 11) is -4.84. The molecule has 0 saturated carbocycles. The molecule has 0 aliphatic carbocycles. The molecule has 8 heteroatoms. The van der Waals surface area contributed by atoms with Gasteiger partial charge in [-0.05, 0) is 13.8 Å². The quantitative estimate of drug-likeness (QED) is 0.552. The maximum Gasteiger partial charge on any atom is 0.411 e. The Balaban J connectivity index is 4.23. The third-order valence-electron chi connectivity index (χ3n) is 1.15. The summed E-state index contributed by atoms with van der Waals surface area (Å²) in [5, 5.41) is 0. The van der Waals surface area contributed by atoms with Crippen molar-refractivity contribution in [3.63, 3.8) is 0 Å². The van der Waals surface area contributed by atoms with Crippen LogP contribution in [0.1, 0.15) is 13.8 Å². The summed E-state index contributed by atoms with van der Waals surface area (Å²) in [4.78, 5) is 0. The Morgan fingerprint density at radius 3 is 1.93 bits per heavy atom. The molecule has 0 atom stereocenters. The van der Waals surface area contributed by atoms with Crippen LogP contribution in [0, 0.1) is 0 Å². The lowest BCUT2D eigenvalue weighted by Gasteiger charge is -2.23. The lowest BCUT2D eigenvalue weighted by molar-refractivity contribution is -0.196. The Labute approximate surface area is 79.3 Å². The van der Waals surface area contributed by atoms with E-state index in [0.717, 1.165) is 13.8 Å². The van der Waals surface area contributed by atoms with Crippen molar-refractivity contribution in [2.24, 2.45) is 0 Å². The fourth-order valence-electron chi connectivity index (χ4n) is 0.734. The summed E-state index contributed by atoms with van der Waals surface area (Å²) in [5.74, 6) is -1.10. The molecule has 0 aromatic rings. The Hall–Kier alpha value is -0.370. The van der Waals surface area contributed by atoms with E-state index in [1.54, 1.807) is 0 Å². The molecule has 0 amide bonds. The first-order valence-electron chi connectivity index (χ1n) is 3.54. The SMILES string of the molecule is CC(C)(CS(=O)(=O)F)OCC(F)(F)F. The second-order valence-corrected chi connectivity index (χ2v) is 4.71. The Morgan fingerprint density at radius 1 is 1.21 bits per heavy atom. The van der Waals surface area contributed by atoms with Crippen LogP contribution < -0.4 is 0 Å².